The lowest BCUT2D eigenvalue weighted by atomic mass is 10.0. The first kappa shape index (κ1) is 33.9. The van der Waals surface area contributed by atoms with E-state index >= 15 is 0 Å². The van der Waals surface area contributed by atoms with Gasteiger partial charge < -0.3 is 4.57 Å². The summed E-state index contributed by atoms with van der Waals surface area (Å²) in [4.78, 5) is 15.8. The van der Waals surface area contributed by atoms with Crippen LogP contribution in [0.15, 0.2) is 212 Å². The predicted octanol–water partition coefficient (Wildman–Crippen LogP) is 13.9. The second-order valence-electron chi connectivity index (χ2n) is 15.2. The predicted molar refractivity (Wildman–Crippen MR) is 248 cm³/mol. The molecule has 0 fully saturated rings. The van der Waals surface area contributed by atoms with E-state index in [4.69, 9.17) is 15.0 Å². The minimum Gasteiger partial charge on any atom is -0.309 e. The molecule has 5 nitrogen and oxygen atoms in total. The van der Waals surface area contributed by atoms with Crippen molar-refractivity contribution in [3.05, 3.63) is 212 Å². The molecule has 0 unspecified atom stereocenters. The third-order valence-corrected chi connectivity index (χ3v) is 11.8. The molecular weight excluding hydrogens is 731 g/mol. The summed E-state index contributed by atoms with van der Waals surface area (Å²) in [5.41, 5.74) is 12.0. The van der Waals surface area contributed by atoms with Gasteiger partial charge in [0.25, 0.3) is 0 Å². The highest BCUT2D eigenvalue weighted by Gasteiger charge is 2.24. The second kappa shape index (κ2) is 13.8. The van der Waals surface area contributed by atoms with E-state index in [1.54, 1.807) is 0 Å². The monoisotopic (exact) mass is 765 g/mol. The van der Waals surface area contributed by atoms with Gasteiger partial charge >= 0.3 is 0 Å². The number of nitrogens with zero attached hydrogens (tertiary/aromatic N) is 5. The molecule has 12 rings (SSSR count). The lowest BCUT2D eigenvalue weighted by molar-refractivity contribution is 0.955. The fraction of sp³-hybridized carbons (Fsp3) is 0. The van der Waals surface area contributed by atoms with Gasteiger partial charge in [-0.25, -0.2) is 4.98 Å². The third kappa shape index (κ3) is 5.44. The average molecular weight is 766 g/mol. The van der Waals surface area contributed by atoms with Crippen molar-refractivity contribution in [3.63, 3.8) is 0 Å². The molecule has 0 atom stereocenters. The highest BCUT2D eigenvalue weighted by molar-refractivity contribution is 6.31. The Bertz CT molecular complexity index is 3570. The van der Waals surface area contributed by atoms with E-state index in [2.05, 4.69) is 197 Å². The van der Waals surface area contributed by atoms with Crippen molar-refractivity contribution in [2.45, 2.75) is 0 Å². The molecule has 0 amide bonds. The largest absolute Gasteiger partial charge is 0.309 e. The number of benzene rings is 9. The van der Waals surface area contributed by atoms with Crippen LogP contribution >= 0.6 is 0 Å². The second-order valence-corrected chi connectivity index (χ2v) is 15.2. The summed E-state index contributed by atoms with van der Waals surface area (Å²) in [5, 5.41) is 6.98. The molecule has 280 valence electrons. The summed E-state index contributed by atoms with van der Waals surface area (Å²) in [5.74, 6) is 1.81. The number of aromatic nitrogens is 5. The highest BCUT2D eigenvalue weighted by Crippen LogP contribution is 2.44. The maximum Gasteiger partial charge on any atom is 0.238 e. The molecule has 0 aliphatic heterocycles. The van der Waals surface area contributed by atoms with E-state index in [1.807, 2.05) is 24.3 Å². The summed E-state index contributed by atoms with van der Waals surface area (Å²) in [7, 11) is 0. The van der Waals surface area contributed by atoms with Crippen molar-refractivity contribution < 1.29 is 0 Å². The molecule has 60 heavy (non-hydrogen) atoms. The minimum atomic E-state index is 0.570. The summed E-state index contributed by atoms with van der Waals surface area (Å²) in [6.45, 7) is 0. The molecule has 9 aromatic carbocycles. The normalized spacial score (nSPS) is 11.7. The van der Waals surface area contributed by atoms with Crippen molar-refractivity contribution in [1.82, 2.24) is 24.1 Å². The lowest BCUT2D eigenvalue weighted by Crippen LogP contribution is -2.06. The van der Waals surface area contributed by atoms with Crippen molar-refractivity contribution >= 4 is 54.4 Å². The van der Waals surface area contributed by atoms with E-state index in [0.29, 0.717) is 17.6 Å². The van der Waals surface area contributed by atoms with Crippen molar-refractivity contribution in [1.29, 1.82) is 0 Å². The van der Waals surface area contributed by atoms with Crippen LogP contribution < -0.4 is 0 Å². The number of rotatable bonds is 6. The first-order valence-electron chi connectivity index (χ1n) is 20.3. The smallest absolute Gasteiger partial charge is 0.238 e. The number of hydrogen-bond donors (Lipinski definition) is 0. The third-order valence-electron chi connectivity index (χ3n) is 11.8. The summed E-state index contributed by atoms with van der Waals surface area (Å²) < 4.78 is 4.68. The Morgan fingerprint density at radius 1 is 0.300 bits per heavy atom. The Morgan fingerprint density at radius 2 is 0.817 bits per heavy atom. The fourth-order valence-corrected chi connectivity index (χ4v) is 9.02. The Labute approximate surface area is 346 Å². The van der Waals surface area contributed by atoms with Gasteiger partial charge in [0.1, 0.15) is 0 Å². The van der Waals surface area contributed by atoms with Gasteiger partial charge in [0.2, 0.25) is 5.95 Å². The standard InChI is InChI=1S/C55H35N5/c1-4-15-36(16-5-1)38-27-29-41(30-28-38)54-56-53(40-20-8-3-9-21-40)57-55(58-54)60-49-34-33-48-50(51(49)46-32-31-39-19-10-11-24-44(39)52(46)60)45-25-12-13-26-47(45)59(48)43-23-14-22-42(35-43)37-17-6-2-7-18-37/h1-35H. The zero-order chi connectivity index (χ0) is 39.6. The summed E-state index contributed by atoms with van der Waals surface area (Å²) >= 11 is 0. The number of para-hydroxylation sites is 1. The molecule has 0 bridgehead atoms. The van der Waals surface area contributed by atoms with E-state index in [9.17, 15) is 0 Å². The zero-order valence-electron chi connectivity index (χ0n) is 32.4. The quantitative estimate of drug-likeness (QED) is 0.169. The van der Waals surface area contributed by atoms with Crippen LogP contribution in [0.1, 0.15) is 0 Å². The number of fused-ring (bicyclic) bond motifs is 9. The van der Waals surface area contributed by atoms with Gasteiger partial charge in [-0.1, -0.05) is 182 Å². The molecule has 0 saturated carbocycles. The van der Waals surface area contributed by atoms with Crippen LogP contribution in [0.2, 0.25) is 0 Å². The van der Waals surface area contributed by atoms with Crippen LogP contribution in [-0.4, -0.2) is 24.1 Å². The van der Waals surface area contributed by atoms with Crippen LogP contribution in [0.5, 0.6) is 0 Å². The van der Waals surface area contributed by atoms with Crippen LogP contribution in [0.4, 0.5) is 0 Å². The van der Waals surface area contributed by atoms with Gasteiger partial charge in [0.15, 0.2) is 11.6 Å². The molecule has 3 aromatic heterocycles. The molecule has 0 radical (unpaired) electrons. The van der Waals surface area contributed by atoms with Gasteiger partial charge in [-0.3, -0.25) is 4.57 Å². The first-order chi connectivity index (χ1) is 29.8. The molecular formula is C55H35N5. The average Bonchev–Trinajstić information content (AvgIpc) is 3.86. The van der Waals surface area contributed by atoms with Crippen molar-refractivity contribution in [3.8, 4) is 56.7 Å². The van der Waals surface area contributed by atoms with Gasteiger partial charge in [0, 0.05) is 43.7 Å². The van der Waals surface area contributed by atoms with Crippen molar-refractivity contribution in [2.24, 2.45) is 0 Å². The van der Waals surface area contributed by atoms with Crippen molar-refractivity contribution in [2.75, 3.05) is 0 Å². The van der Waals surface area contributed by atoms with E-state index in [0.717, 1.165) is 66.0 Å². The summed E-state index contributed by atoms with van der Waals surface area (Å²) in [6, 6.07) is 75.1. The molecule has 0 aliphatic carbocycles. The Kier molecular flexibility index (Phi) is 7.78. The Balaban J connectivity index is 1.16. The van der Waals surface area contributed by atoms with E-state index in [-0.39, 0.29) is 0 Å². The molecule has 5 heteroatoms. The van der Waals surface area contributed by atoms with E-state index < -0.39 is 0 Å². The van der Waals surface area contributed by atoms with Crippen LogP contribution in [0.25, 0.3) is 111 Å². The summed E-state index contributed by atoms with van der Waals surface area (Å²) in [6.07, 6.45) is 0. The molecule has 0 spiro atoms. The van der Waals surface area contributed by atoms with Gasteiger partial charge in [0.05, 0.1) is 22.1 Å². The molecule has 0 aliphatic rings. The lowest BCUT2D eigenvalue weighted by Gasteiger charge is -2.12. The zero-order valence-corrected chi connectivity index (χ0v) is 32.4. The Morgan fingerprint density at radius 3 is 1.53 bits per heavy atom. The fourth-order valence-electron chi connectivity index (χ4n) is 9.02. The van der Waals surface area contributed by atoms with Gasteiger partial charge in [-0.15, -0.1) is 0 Å². The molecule has 0 N–H and O–H groups in total. The Hall–Kier alpha value is -8.15. The first-order valence-corrected chi connectivity index (χ1v) is 20.3. The maximum absolute atomic E-state index is 5.35. The minimum absolute atomic E-state index is 0.570. The SMILES string of the molecule is c1ccc(-c2ccc(-c3nc(-c4ccccc4)nc(-n4c5ccc6c(c7ccccc7n6-c6cccc(-c7ccccc7)c6)c5c5ccc6ccccc6c54)n3)cc2)cc1. The van der Waals surface area contributed by atoms with E-state index in [1.165, 1.54) is 27.5 Å². The van der Waals surface area contributed by atoms with Crippen LogP contribution in [0, 0.1) is 0 Å². The topological polar surface area (TPSA) is 48.5 Å². The van der Waals surface area contributed by atoms with Crippen LogP contribution in [0.3, 0.4) is 0 Å². The maximum atomic E-state index is 5.35. The highest BCUT2D eigenvalue weighted by atomic mass is 15.2. The molecule has 12 aromatic rings. The number of hydrogen-bond acceptors (Lipinski definition) is 3. The van der Waals surface area contributed by atoms with Gasteiger partial charge in [-0.05, 0) is 58.0 Å². The van der Waals surface area contributed by atoms with Crippen LogP contribution in [-0.2, 0) is 0 Å². The molecule has 3 heterocycles. The molecule has 0 saturated heterocycles. The van der Waals surface area contributed by atoms with Gasteiger partial charge in [-0.2, -0.15) is 9.97 Å².